The van der Waals surface area contributed by atoms with Gasteiger partial charge >= 0.3 is 5.97 Å². The second-order valence-electron chi connectivity index (χ2n) is 9.06. The third-order valence-corrected chi connectivity index (χ3v) is 5.89. The number of rotatable bonds is 13. The van der Waals surface area contributed by atoms with Gasteiger partial charge in [-0.05, 0) is 80.5 Å². The number of unbranched alkanes of at least 4 members (excludes halogenated alkanes) is 3. The summed E-state index contributed by atoms with van der Waals surface area (Å²) in [5.74, 6) is 0.363. The van der Waals surface area contributed by atoms with Gasteiger partial charge in [0.2, 0.25) is 0 Å². The van der Waals surface area contributed by atoms with Crippen LogP contribution in [-0.4, -0.2) is 19.2 Å². The molecule has 0 aliphatic rings. The molecule has 0 fully saturated rings. The molecule has 4 aromatic rings. The van der Waals surface area contributed by atoms with E-state index in [9.17, 15) is 4.79 Å². The van der Waals surface area contributed by atoms with Crippen LogP contribution in [0.5, 0.6) is 5.75 Å². The predicted molar refractivity (Wildman–Crippen MR) is 155 cm³/mol. The number of hydrogen-bond donors (Lipinski definition) is 0. The highest BCUT2D eigenvalue weighted by molar-refractivity contribution is 5.95. The molecule has 0 aliphatic heterocycles. The molecule has 0 spiro atoms. The first-order valence-corrected chi connectivity index (χ1v) is 13.1. The Balaban J connectivity index is 1.36. The van der Waals surface area contributed by atoms with Crippen molar-refractivity contribution in [1.82, 2.24) is 0 Å². The van der Waals surface area contributed by atoms with E-state index in [0.717, 1.165) is 47.8 Å². The van der Waals surface area contributed by atoms with E-state index in [-0.39, 0.29) is 5.97 Å². The summed E-state index contributed by atoms with van der Waals surface area (Å²) in [4.78, 5) is 11.4. The van der Waals surface area contributed by atoms with Gasteiger partial charge < -0.3 is 9.47 Å². The Morgan fingerprint density at radius 2 is 1.26 bits per heavy atom. The lowest BCUT2D eigenvalue weighted by Crippen LogP contribution is -2.06. The Hall–Kier alpha value is -4.65. The molecule has 0 bridgehead atoms. The zero-order valence-corrected chi connectivity index (χ0v) is 22.1. The van der Waals surface area contributed by atoms with Crippen molar-refractivity contribution in [3.05, 3.63) is 103 Å². The van der Waals surface area contributed by atoms with Crippen molar-refractivity contribution >= 4 is 39.5 Å². The van der Waals surface area contributed by atoms with Crippen LogP contribution in [0.3, 0.4) is 0 Å². The van der Waals surface area contributed by atoms with Crippen LogP contribution in [0.1, 0.15) is 32.6 Å². The van der Waals surface area contributed by atoms with Crippen LogP contribution in [0.2, 0.25) is 0 Å². The highest BCUT2D eigenvalue weighted by atomic mass is 16.5. The van der Waals surface area contributed by atoms with Crippen molar-refractivity contribution in [1.29, 1.82) is 0 Å². The topological polar surface area (TPSA) is 85.0 Å². The van der Waals surface area contributed by atoms with E-state index in [1.807, 2.05) is 91.0 Å². The van der Waals surface area contributed by atoms with Crippen molar-refractivity contribution in [2.24, 2.45) is 20.5 Å². The van der Waals surface area contributed by atoms with E-state index in [4.69, 9.17) is 9.47 Å². The maximum absolute atomic E-state index is 11.4. The molecule has 0 aliphatic carbocycles. The third kappa shape index (κ3) is 8.43. The van der Waals surface area contributed by atoms with Crippen LogP contribution in [-0.2, 0) is 9.53 Å². The highest BCUT2D eigenvalue weighted by Gasteiger charge is 2.09. The molecule has 0 amide bonds. The molecular formula is C32H32N4O3. The number of fused-ring (bicyclic) bond motifs is 1. The van der Waals surface area contributed by atoms with Gasteiger partial charge in [-0.2, -0.15) is 15.3 Å². The van der Waals surface area contributed by atoms with Gasteiger partial charge in [0.1, 0.15) is 11.4 Å². The molecule has 4 rings (SSSR count). The van der Waals surface area contributed by atoms with Crippen LogP contribution in [0, 0.1) is 0 Å². The Bertz CT molecular complexity index is 1450. The van der Waals surface area contributed by atoms with Crippen molar-refractivity contribution in [2.75, 3.05) is 13.2 Å². The van der Waals surface area contributed by atoms with Gasteiger partial charge in [-0.3, -0.25) is 0 Å². The Labute approximate surface area is 228 Å². The monoisotopic (exact) mass is 520 g/mol. The van der Waals surface area contributed by atoms with Crippen molar-refractivity contribution in [3.8, 4) is 5.75 Å². The zero-order chi connectivity index (χ0) is 27.3. The van der Waals surface area contributed by atoms with Gasteiger partial charge in [-0.1, -0.05) is 55.1 Å². The number of benzene rings is 4. The number of carbonyl (C=O) groups is 1. The molecule has 7 nitrogen and oxygen atoms in total. The Kier molecular flexibility index (Phi) is 10.1. The summed E-state index contributed by atoms with van der Waals surface area (Å²) in [6.45, 7) is 6.21. The van der Waals surface area contributed by atoms with Crippen LogP contribution in [0.15, 0.2) is 124 Å². The summed E-state index contributed by atoms with van der Waals surface area (Å²) in [5.41, 5.74) is 3.37. The van der Waals surface area contributed by atoms with Crippen LogP contribution in [0.4, 0.5) is 22.7 Å². The second-order valence-corrected chi connectivity index (χ2v) is 9.06. The maximum Gasteiger partial charge on any atom is 0.333 e. The Morgan fingerprint density at radius 3 is 1.95 bits per heavy atom. The van der Waals surface area contributed by atoms with E-state index in [1.165, 1.54) is 0 Å². The van der Waals surface area contributed by atoms with Gasteiger partial charge in [0.15, 0.2) is 0 Å². The fraction of sp³-hybridized carbons (Fsp3) is 0.219. The molecule has 198 valence electrons. The average molecular weight is 521 g/mol. The van der Waals surface area contributed by atoms with E-state index < -0.39 is 0 Å². The van der Waals surface area contributed by atoms with E-state index >= 15 is 0 Å². The second kappa shape index (κ2) is 14.3. The summed E-state index contributed by atoms with van der Waals surface area (Å²) >= 11 is 0. The predicted octanol–water partition coefficient (Wildman–Crippen LogP) is 9.73. The van der Waals surface area contributed by atoms with Gasteiger partial charge in [0.25, 0.3) is 0 Å². The number of ether oxygens (including phenoxy) is 2. The first-order valence-electron chi connectivity index (χ1n) is 13.1. The number of esters is 1. The van der Waals surface area contributed by atoms with Crippen LogP contribution < -0.4 is 4.74 Å². The van der Waals surface area contributed by atoms with Crippen molar-refractivity contribution in [3.63, 3.8) is 0 Å². The van der Waals surface area contributed by atoms with Crippen molar-refractivity contribution < 1.29 is 14.3 Å². The minimum Gasteiger partial charge on any atom is -0.491 e. The van der Waals surface area contributed by atoms with Gasteiger partial charge in [-0.25, -0.2) is 4.79 Å². The molecule has 0 radical (unpaired) electrons. The van der Waals surface area contributed by atoms with Crippen LogP contribution >= 0.6 is 0 Å². The molecule has 4 aromatic carbocycles. The molecule has 0 heterocycles. The number of azo groups is 2. The summed E-state index contributed by atoms with van der Waals surface area (Å²) < 4.78 is 11.3. The summed E-state index contributed by atoms with van der Waals surface area (Å²) in [6.07, 6.45) is 3.64. The van der Waals surface area contributed by atoms with E-state index in [1.54, 1.807) is 6.92 Å². The lowest BCUT2D eigenvalue weighted by molar-refractivity contribution is -0.139. The first kappa shape index (κ1) is 27.4. The first-order chi connectivity index (χ1) is 19.1. The van der Waals surface area contributed by atoms with Crippen LogP contribution in [0.25, 0.3) is 10.8 Å². The largest absolute Gasteiger partial charge is 0.491 e. The summed E-state index contributed by atoms with van der Waals surface area (Å²) in [6, 6.07) is 29.1. The fourth-order valence-corrected chi connectivity index (χ4v) is 3.79. The number of nitrogens with zero attached hydrogens (tertiary/aromatic N) is 4. The lowest BCUT2D eigenvalue weighted by atomic mass is 10.1. The number of hydrogen-bond acceptors (Lipinski definition) is 7. The van der Waals surface area contributed by atoms with Crippen molar-refractivity contribution in [2.45, 2.75) is 32.6 Å². The number of carbonyl (C=O) groups excluding carboxylic acids is 1. The zero-order valence-electron chi connectivity index (χ0n) is 22.1. The van der Waals surface area contributed by atoms with E-state index in [2.05, 4.69) is 27.0 Å². The van der Waals surface area contributed by atoms with Gasteiger partial charge in [0, 0.05) is 11.0 Å². The maximum atomic E-state index is 11.4. The third-order valence-electron chi connectivity index (χ3n) is 5.89. The van der Waals surface area contributed by atoms with Gasteiger partial charge in [-0.15, -0.1) is 5.11 Å². The summed E-state index contributed by atoms with van der Waals surface area (Å²) in [7, 11) is 0. The minimum atomic E-state index is -0.333. The molecule has 0 aromatic heterocycles. The standard InChI is InChI=1S/C32H32N4O3/c1-24(2)32(37)39-23-11-4-3-10-22-38-30-21-16-25-12-8-9-15-29(25)31(30)36-35-28-19-17-27(18-20-28)34-33-26-13-6-5-7-14-26/h5-9,12-21H,1,3-4,10-11,22-23H2,2H3. The lowest BCUT2D eigenvalue weighted by Gasteiger charge is -2.11. The molecule has 0 atom stereocenters. The van der Waals surface area contributed by atoms with Gasteiger partial charge in [0.05, 0.1) is 30.3 Å². The molecular weight excluding hydrogens is 488 g/mol. The highest BCUT2D eigenvalue weighted by Crippen LogP contribution is 2.37. The minimum absolute atomic E-state index is 0.333. The normalized spacial score (nSPS) is 11.3. The molecule has 7 heteroatoms. The SMILES string of the molecule is C=C(C)C(=O)OCCCCCCOc1ccc2ccccc2c1N=Nc1ccc(N=Nc2ccccc2)cc1. The molecule has 39 heavy (non-hydrogen) atoms. The molecule has 0 saturated heterocycles. The molecule has 0 N–H and O–H groups in total. The fourth-order valence-electron chi connectivity index (χ4n) is 3.79. The van der Waals surface area contributed by atoms with E-state index in [0.29, 0.717) is 35.9 Å². The summed E-state index contributed by atoms with van der Waals surface area (Å²) in [5, 5.41) is 19.6. The quantitative estimate of drug-likeness (QED) is 0.0761. The average Bonchev–Trinajstić information content (AvgIpc) is 2.97. The smallest absolute Gasteiger partial charge is 0.333 e. The molecule has 0 unspecified atom stereocenters. The molecule has 0 saturated carbocycles. The Morgan fingerprint density at radius 1 is 0.667 bits per heavy atom.